The summed E-state index contributed by atoms with van der Waals surface area (Å²) in [6.45, 7) is 6.57. The molecule has 94 valence electrons. The van der Waals surface area contributed by atoms with E-state index in [0.717, 1.165) is 19.5 Å². The molecule has 0 aliphatic carbocycles. The van der Waals surface area contributed by atoms with Crippen LogP contribution in [0.15, 0.2) is 28.5 Å². The van der Waals surface area contributed by atoms with Gasteiger partial charge >= 0.3 is 0 Å². The number of thiophene rings is 1. The van der Waals surface area contributed by atoms with Crippen molar-refractivity contribution in [3.8, 4) is 0 Å². The predicted octanol–water partition coefficient (Wildman–Crippen LogP) is 3.18. The monoisotopic (exact) mass is 250 g/mol. The normalized spacial score (nSPS) is 21.0. The van der Waals surface area contributed by atoms with Crippen LogP contribution in [0.4, 0.5) is 0 Å². The number of hydrogen-bond acceptors (Lipinski definition) is 3. The average Bonchev–Trinajstić information content (AvgIpc) is 2.85. The fourth-order valence-electron chi connectivity index (χ4n) is 2.43. The van der Waals surface area contributed by atoms with Crippen LogP contribution >= 0.6 is 11.3 Å². The molecule has 3 heteroatoms. The van der Waals surface area contributed by atoms with Crippen molar-refractivity contribution in [3.05, 3.63) is 34.0 Å². The molecule has 2 heterocycles. The minimum absolute atomic E-state index is 0.233. The molecule has 0 bridgehead atoms. The molecular formula is C14H22N2S. The van der Waals surface area contributed by atoms with Crippen LogP contribution in [0.2, 0.25) is 0 Å². The highest BCUT2D eigenvalue weighted by Gasteiger charge is 2.26. The lowest BCUT2D eigenvalue weighted by molar-refractivity contribution is 0.182. The smallest absolute Gasteiger partial charge is 0.0510 e. The van der Waals surface area contributed by atoms with E-state index in [2.05, 4.69) is 41.6 Å². The van der Waals surface area contributed by atoms with Gasteiger partial charge in [-0.1, -0.05) is 18.6 Å². The molecular weight excluding hydrogens is 228 g/mol. The van der Waals surface area contributed by atoms with Gasteiger partial charge in [0.25, 0.3) is 0 Å². The molecule has 2 rings (SSSR count). The summed E-state index contributed by atoms with van der Waals surface area (Å²) in [5.74, 6) is 0. The number of nitrogens with two attached hydrogens (primary N) is 1. The molecule has 2 nitrogen and oxygen atoms in total. The first-order valence-electron chi connectivity index (χ1n) is 6.39. The molecule has 2 N–H and O–H groups in total. The van der Waals surface area contributed by atoms with Gasteiger partial charge in [-0.25, -0.2) is 0 Å². The van der Waals surface area contributed by atoms with Gasteiger partial charge in [0.15, 0.2) is 0 Å². The largest absolute Gasteiger partial charge is 0.326 e. The van der Waals surface area contributed by atoms with Crippen LogP contribution in [-0.2, 0) is 0 Å². The van der Waals surface area contributed by atoms with Crippen molar-refractivity contribution in [1.82, 2.24) is 4.90 Å². The number of rotatable bonds is 4. The van der Waals surface area contributed by atoms with Gasteiger partial charge in [-0.05, 0) is 42.2 Å². The Morgan fingerprint density at radius 1 is 1.53 bits per heavy atom. The maximum Gasteiger partial charge on any atom is 0.0510 e. The van der Waals surface area contributed by atoms with Gasteiger partial charge in [0, 0.05) is 19.1 Å². The molecule has 1 aromatic rings. The standard InChI is InChI=1S/C14H22N2S/c1-3-13(15)14(12-6-9-17-10-12)16-7-4-11(2)5-8-16/h4,6,9-10,13-14H,3,5,7-8,15H2,1-2H3. The Morgan fingerprint density at radius 2 is 2.35 bits per heavy atom. The van der Waals surface area contributed by atoms with Crippen molar-refractivity contribution >= 4 is 11.3 Å². The lowest BCUT2D eigenvalue weighted by atomic mass is 9.96. The van der Waals surface area contributed by atoms with Gasteiger partial charge in [-0.3, -0.25) is 4.90 Å². The SMILES string of the molecule is CCC(N)C(c1ccsc1)N1CC=C(C)CC1. The van der Waals surface area contributed by atoms with Crippen LogP contribution in [0, 0.1) is 0 Å². The van der Waals surface area contributed by atoms with Crippen LogP contribution in [0.3, 0.4) is 0 Å². The van der Waals surface area contributed by atoms with Crippen molar-refractivity contribution < 1.29 is 0 Å². The zero-order valence-electron chi connectivity index (χ0n) is 10.7. The number of hydrogen-bond donors (Lipinski definition) is 1. The highest BCUT2D eigenvalue weighted by atomic mass is 32.1. The van der Waals surface area contributed by atoms with E-state index >= 15 is 0 Å². The third-order valence-corrected chi connectivity index (χ3v) is 4.32. The van der Waals surface area contributed by atoms with E-state index in [1.807, 2.05) is 0 Å². The number of nitrogens with zero attached hydrogens (tertiary/aromatic N) is 1. The van der Waals surface area contributed by atoms with Gasteiger partial charge < -0.3 is 5.73 Å². The van der Waals surface area contributed by atoms with Crippen LogP contribution < -0.4 is 5.73 Å². The molecule has 0 radical (unpaired) electrons. The highest BCUT2D eigenvalue weighted by Crippen LogP contribution is 2.29. The Balaban J connectivity index is 2.17. The lowest BCUT2D eigenvalue weighted by Gasteiger charge is -2.36. The Bertz CT molecular complexity index is 370. The lowest BCUT2D eigenvalue weighted by Crippen LogP contribution is -2.42. The van der Waals surface area contributed by atoms with E-state index in [0.29, 0.717) is 6.04 Å². The van der Waals surface area contributed by atoms with Crippen LogP contribution in [-0.4, -0.2) is 24.0 Å². The van der Waals surface area contributed by atoms with Gasteiger partial charge in [0.2, 0.25) is 0 Å². The maximum atomic E-state index is 6.32. The summed E-state index contributed by atoms with van der Waals surface area (Å²) in [5, 5.41) is 4.39. The Kier molecular flexibility index (Phi) is 4.37. The van der Waals surface area contributed by atoms with Gasteiger partial charge in [-0.2, -0.15) is 11.3 Å². The summed E-state index contributed by atoms with van der Waals surface area (Å²) in [6.07, 6.45) is 4.54. The van der Waals surface area contributed by atoms with Crippen LogP contribution in [0.25, 0.3) is 0 Å². The predicted molar refractivity (Wildman–Crippen MR) is 75.3 cm³/mol. The minimum atomic E-state index is 0.233. The minimum Gasteiger partial charge on any atom is -0.326 e. The maximum absolute atomic E-state index is 6.32. The van der Waals surface area contributed by atoms with Crippen molar-refractivity contribution in [1.29, 1.82) is 0 Å². The zero-order chi connectivity index (χ0) is 12.3. The molecule has 0 spiro atoms. The summed E-state index contributed by atoms with van der Waals surface area (Å²) in [6, 6.07) is 2.84. The van der Waals surface area contributed by atoms with Crippen molar-refractivity contribution in [2.24, 2.45) is 5.73 Å². The summed E-state index contributed by atoms with van der Waals surface area (Å²) < 4.78 is 0. The molecule has 0 fully saturated rings. The summed E-state index contributed by atoms with van der Waals surface area (Å²) in [5.41, 5.74) is 9.21. The fraction of sp³-hybridized carbons (Fsp3) is 0.571. The van der Waals surface area contributed by atoms with Gasteiger partial charge in [-0.15, -0.1) is 0 Å². The zero-order valence-corrected chi connectivity index (χ0v) is 11.5. The quantitative estimate of drug-likeness (QED) is 0.832. The fourth-order valence-corrected chi connectivity index (χ4v) is 3.12. The molecule has 2 unspecified atom stereocenters. The first-order chi connectivity index (χ1) is 8.22. The van der Waals surface area contributed by atoms with Crippen LogP contribution in [0.5, 0.6) is 0 Å². The molecule has 0 saturated carbocycles. The first-order valence-corrected chi connectivity index (χ1v) is 7.34. The van der Waals surface area contributed by atoms with E-state index < -0.39 is 0 Å². The molecule has 1 aliphatic rings. The van der Waals surface area contributed by atoms with Crippen LogP contribution in [0.1, 0.15) is 38.3 Å². The van der Waals surface area contributed by atoms with Crippen molar-refractivity contribution in [3.63, 3.8) is 0 Å². The summed E-state index contributed by atoms with van der Waals surface area (Å²) in [7, 11) is 0. The molecule has 17 heavy (non-hydrogen) atoms. The molecule has 2 atom stereocenters. The Labute approximate surface area is 108 Å². The molecule has 0 amide bonds. The third kappa shape index (κ3) is 2.97. The third-order valence-electron chi connectivity index (χ3n) is 3.62. The van der Waals surface area contributed by atoms with Gasteiger partial charge in [0.05, 0.1) is 6.04 Å². The molecule has 1 aliphatic heterocycles. The van der Waals surface area contributed by atoms with Crippen molar-refractivity contribution in [2.75, 3.05) is 13.1 Å². The highest BCUT2D eigenvalue weighted by molar-refractivity contribution is 7.07. The first kappa shape index (κ1) is 12.8. The van der Waals surface area contributed by atoms with E-state index in [4.69, 9.17) is 5.73 Å². The van der Waals surface area contributed by atoms with E-state index in [1.165, 1.54) is 17.6 Å². The van der Waals surface area contributed by atoms with Crippen molar-refractivity contribution in [2.45, 2.75) is 38.8 Å². The summed E-state index contributed by atoms with van der Waals surface area (Å²) in [4.78, 5) is 2.52. The molecule has 0 aromatic carbocycles. The molecule has 0 saturated heterocycles. The second kappa shape index (κ2) is 5.80. The average molecular weight is 250 g/mol. The van der Waals surface area contributed by atoms with E-state index in [-0.39, 0.29) is 6.04 Å². The summed E-state index contributed by atoms with van der Waals surface area (Å²) >= 11 is 1.76. The Morgan fingerprint density at radius 3 is 2.88 bits per heavy atom. The topological polar surface area (TPSA) is 29.3 Å². The molecule has 1 aromatic heterocycles. The second-order valence-electron chi connectivity index (χ2n) is 4.87. The second-order valence-corrected chi connectivity index (χ2v) is 5.65. The van der Waals surface area contributed by atoms with E-state index in [1.54, 1.807) is 11.3 Å². The van der Waals surface area contributed by atoms with E-state index in [9.17, 15) is 0 Å². The van der Waals surface area contributed by atoms with Gasteiger partial charge in [0.1, 0.15) is 0 Å². The Hall–Kier alpha value is -0.640.